The van der Waals surface area contributed by atoms with Gasteiger partial charge in [-0.1, -0.05) is 73.3 Å². The number of para-hydroxylation sites is 1. The lowest BCUT2D eigenvalue weighted by atomic mass is 9.98. The van der Waals surface area contributed by atoms with Crippen LogP contribution in [0, 0.1) is 16.2 Å². The molecule has 190 valence electrons. The van der Waals surface area contributed by atoms with E-state index in [1.165, 1.54) is 6.21 Å². The summed E-state index contributed by atoms with van der Waals surface area (Å²) in [6, 6.07) is 32.1. The lowest BCUT2D eigenvalue weighted by Gasteiger charge is -2.27. The predicted octanol–water partition coefficient (Wildman–Crippen LogP) is 7.75. The third kappa shape index (κ3) is 3.23. The van der Waals surface area contributed by atoms with Crippen molar-refractivity contribution in [3.05, 3.63) is 144 Å². The van der Waals surface area contributed by atoms with Gasteiger partial charge in [-0.2, -0.15) is 0 Å². The molecule has 6 nitrogen and oxygen atoms in total. The number of amidine groups is 1. The van der Waals surface area contributed by atoms with E-state index in [0.29, 0.717) is 28.2 Å². The van der Waals surface area contributed by atoms with E-state index in [-0.39, 0.29) is 11.5 Å². The van der Waals surface area contributed by atoms with E-state index in [1.54, 1.807) is 17.2 Å². The van der Waals surface area contributed by atoms with E-state index in [4.69, 9.17) is 5.41 Å². The van der Waals surface area contributed by atoms with Gasteiger partial charge < -0.3 is 10.3 Å². The molecule has 0 unspecified atom stereocenters. The maximum Gasteiger partial charge on any atom is 0.140 e. The molecule has 7 rings (SSSR count). The highest BCUT2D eigenvalue weighted by Crippen LogP contribution is 2.49. The topological polar surface area (TPSA) is 90.9 Å². The second-order valence-electron chi connectivity index (χ2n) is 9.64. The number of aromatic nitrogens is 1. The molecule has 0 bridgehead atoms. The zero-order chi connectivity index (χ0) is 27.4. The van der Waals surface area contributed by atoms with Crippen molar-refractivity contribution in [3.63, 3.8) is 0 Å². The second-order valence-corrected chi connectivity index (χ2v) is 9.64. The molecule has 40 heavy (non-hydrogen) atoms. The molecule has 6 heteroatoms. The van der Waals surface area contributed by atoms with Gasteiger partial charge in [-0.3, -0.25) is 20.7 Å². The van der Waals surface area contributed by atoms with E-state index < -0.39 is 0 Å². The average molecular weight is 517 g/mol. The summed E-state index contributed by atoms with van der Waals surface area (Å²) < 4.78 is 0. The number of benzene rings is 4. The number of pyridine rings is 1. The van der Waals surface area contributed by atoms with E-state index in [9.17, 15) is 10.8 Å². The van der Waals surface area contributed by atoms with Crippen molar-refractivity contribution >= 4 is 56.4 Å². The van der Waals surface area contributed by atoms with E-state index in [0.717, 1.165) is 38.6 Å². The minimum atomic E-state index is 0.182. The number of allylic oxidation sites excluding steroid dienone is 2. The van der Waals surface area contributed by atoms with E-state index in [2.05, 4.69) is 46.8 Å². The van der Waals surface area contributed by atoms with Crippen molar-refractivity contribution in [3.8, 4) is 0 Å². The summed E-state index contributed by atoms with van der Waals surface area (Å²) in [6.07, 6.45) is 4.64. The third-order valence-electron chi connectivity index (χ3n) is 7.53. The van der Waals surface area contributed by atoms with Gasteiger partial charge in [0.25, 0.3) is 0 Å². The van der Waals surface area contributed by atoms with E-state index >= 15 is 0 Å². The van der Waals surface area contributed by atoms with Crippen molar-refractivity contribution in [1.82, 2.24) is 4.98 Å². The summed E-state index contributed by atoms with van der Waals surface area (Å²) in [7, 11) is 0. The van der Waals surface area contributed by atoms with Crippen molar-refractivity contribution in [2.24, 2.45) is 0 Å². The van der Waals surface area contributed by atoms with Gasteiger partial charge in [0, 0.05) is 34.4 Å². The first kappa shape index (κ1) is 23.5. The monoisotopic (exact) mass is 516 g/mol. The molecule has 1 aromatic heterocycles. The van der Waals surface area contributed by atoms with Gasteiger partial charge in [-0.05, 0) is 47.2 Å². The first-order chi connectivity index (χ1) is 19.6. The molecule has 0 saturated heterocycles. The first-order valence-electron chi connectivity index (χ1n) is 12.9. The minimum Gasteiger partial charge on any atom is -0.308 e. The van der Waals surface area contributed by atoms with Crippen LogP contribution < -0.4 is 9.80 Å². The highest BCUT2D eigenvalue weighted by atomic mass is 15.2. The van der Waals surface area contributed by atoms with Crippen LogP contribution in [0.3, 0.4) is 0 Å². The fourth-order valence-corrected chi connectivity index (χ4v) is 5.85. The molecule has 0 fully saturated rings. The first-order valence-corrected chi connectivity index (χ1v) is 12.9. The van der Waals surface area contributed by atoms with Crippen LogP contribution in [0.1, 0.15) is 5.69 Å². The van der Waals surface area contributed by atoms with Gasteiger partial charge in [0.1, 0.15) is 17.2 Å². The maximum atomic E-state index is 9.44. The Morgan fingerprint density at radius 3 is 2.05 bits per heavy atom. The molecule has 0 saturated carbocycles. The molecule has 0 amide bonds. The van der Waals surface area contributed by atoms with E-state index in [1.807, 2.05) is 66.7 Å². The van der Waals surface area contributed by atoms with Gasteiger partial charge in [-0.15, -0.1) is 0 Å². The van der Waals surface area contributed by atoms with Gasteiger partial charge in [0.2, 0.25) is 0 Å². The van der Waals surface area contributed by atoms with Crippen LogP contribution >= 0.6 is 0 Å². The molecule has 3 N–H and O–H groups in total. The van der Waals surface area contributed by atoms with Gasteiger partial charge in [0.05, 0.1) is 28.3 Å². The smallest absolute Gasteiger partial charge is 0.140 e. The number of hydrogen-bond acceptors (Lipinski definition) is 5. The number of anilines is 3. The lowest BCUT2D eigenvalue weighted by Crippen LogP contribution is -2.27. The van der Waals surface area contributed by atoms with Crippen LogP contribution in [0.4, 0.5) is 17.1 Å². The minimum absolute atomic E-state index is 0.182. The Morgan fingerprint density at radius 1 is 0.750 bits per heavy atom. The predicted molar refractivity (Wildman–Crippen MR) is 164 cm³/mol. The molecule has 5 aromatic rings. The maximum absolute atomic E-state index is 9.44. The number of fused-ring (bicyclic) bond motifs is 3. The summed E-state index contributed by atoms with van der Waals surface area (Å²) in [5.74, 6) is 0.182. The van der Waals surface area contributed by atoms with Crippen LogP contribution in [0.25, 0.3) is 21.5 Å². The Hall–Kier alpha value is -5.62. The van der Waals surface area contributed by atoms with Crippen LogP contribution in [0.15, 0.2) is 138 Å². The summed E-state index contributed by atoms with van der Waals surface area (Å²) in [5.41, 5.74) is 5.42. The average Bonchev–Trinajstić information content (AvgIpc) is 3.45. The Kier molecular flexibility index (Phi) is 5.28. The lowest BCUT2D eigenvalue weighted by molar-refractivity contribution is 1.24. The molecule has 0 radical (unpaired) electrons. The molecule has 0 spiro atoms. The number of hydrogen-bond donors (Lipinski definition) is 3. The quantitative estimate of drug-likeness (QED) is 0.168. The van der Waals surface area contributed by atoms with Crippen molar-refractivity contribution in [2.75, 3.05) is 9.80 Å². The second kappa shape index (κ2) is 8.99. The normalized spacial score (nSPS) is 16.8. The van der Waals surface area contributed by atoms with Crippen LogP contribution in [-0.4, -0.2) is 22.7 Å². The van der Waals surface area contributed by atoms with Crippen LogP contribution in [0.2, 0.25) is 0 Å². The van der Waals surface area contributed by atoms with Gasteiger partial charge in [-0.25, -0.2) is 0 Å². The molecule has 2 aliphatic rings. The Bertz CT molecular complexity index is 1930. The number of rotatable bonds is 4. The summed E-state index contributed by atoms with van der Waals surface area (Å²) in [6.45, 7) is 4.03. The van der Waals surface area contributed by atoms with Gasteiger partial charge >= 0.3 is 0 Å². The van der Waals surface area contributed by atoms with Gasteiger partial charge in [0.15, 0.2) is 0 Å². The van der Waals surface area contributed by atoms with Crippen molar-refractivity contribution in [1.29, 1.82) is 16.2 Å². The zero-order valence-electron chi connectivity index (χ0n) is 21.5. The molecule has 0 aliphatic carbocycles. The fourth-order valence-electron chi connectivity index (χ4n) is 5.85. The standard InChI is InChI=1S/C34H24N6/c1-2-27-26(20-35)29(34(37)39(27)23-13-4-3-5-14-23)33-30(36)31-28(17-10-18-38-31)40(33)32-24-15-8-6-11-21(24)19-22-12-7-9-16-25(22)32/h2-20,35-37H,1H2/b33-29+,35-20?,36-30?,37-34?. The van der Waals surface area contributed by atoms with Crippen molar-refractivity contribution in [2.45, 2.75) is 0 Å². The van der Waals surface area contributed by atoms with Crippen LogP contribution in [-0.2, 0) is 0 Å². The summed E-state index contributed by atoms with van der Waals surface area (Å²) >= 11 is 0. The highest BCUT2D eigenvalue weighted by molar-refractivity contribution is 6.32. The summed E-state index contributed by atoms with van der Waals surface area (Å²) in [4.78, 5) is 8.47. The zero-order valence-corrected chi connectivity index (χ0v) is 21.5. The molecular formula is C34H24N6. The Morgan fingerprint density at radius 2 is 1.40 bits per heavy atom. The molecule has 0 atom stereocenters. The molecular weight excluding hydrogens is 492 g/mol. The molecule has 3 heterocycles. The fraction of sp³-hybridized carbons (Fsp3) is 0. The van der Waals surface area contributed by atoms with Crippen molar-refractivity contribution < 1.29 is 0 Å². The molecule has 2 aliphatic heterocycles. The summed E-state index contributed by atoms with van der Waals surface area (Å²) in [5, 5.41) is 31.5. The van der Waals surface area contributed by atoms with Crippen LogP contribution in [0.5, 0.6) is 0 Å². The Balaban J connectivity index is 1.61. The largest absolute Gasteiger partial charge is 0.308 e. The SMILES string of the molecule is C=CC1=C(C=N)/C(=C2/C(=N)c3ncccc3N2c2c3ccccc3cc3ccccc23)C(=N)N1c1ccccc1. The highest BCUT2D eigenvalue weighted by Gasteiger charge is 2.41. The number of nitrogens with zero attached hydrogens (tertiary/aromatic N) is 3. The third-order valence-corrected chi connectivity index (χ3v) is 7.53. The Labute approximate surface area is 231 Å². The molecule has 4 aromatic carbocycles. The number of nitrogens with one attached hydrogen (secondary N) is 3.